The number of halogens is 2. The molecule has 0 unspecified atom stereocenters. The Morgan fingerprint density at radius 3 is 2.20 bits per heavy atom. The summed E-state index contributed by atoms with van der Waals surface area (Å²) in [6.45, 7) is 4.24. The Morgan fingerprint density at radius 2 is 1.60 bits per heavy atom. The van der Waals surface area contributed by atoms with E-state index in [1.54, 1.807) is 18.2 Å². The molecule has 0 aromatic heterocycles. The van der Waals surface area contributed by atoms with Gasteiger partial charge in [-0.15, -0.1) is 0 Å². The van der Waals surface area contributed by atoms with Crippen molar-refractivity contribution in [3.05, 3.63) is 68.1 Å². The Balaban J connectivity index is 2.40. The van der Waals surface area contributed by atoms with Gasteiger partial charge in [0.2, 0.25) is 0 Å². The average Bonchev–Trinajstić information content (AvgIpc) is 2.48. The van der Waals surface area contributed by atoms with Crippen LogP contribution in [0.4, 0.5) is 0 Å². The first-order valence-corrected chi connectivity index (χ1v) is 7.85. The molecule has 2 aromatic carbocycles. The standard InChI is InChI=1S/C17H16BrClO/c1-3-11-5-6-13(9-12(11)4-2)17(20)14-7-8-16(19)15(18)10-14/h5-10H,3-4H2,1-2H3. The molecule has 20 heavy (non-hydrogen) atoms. The quantitative estimate of drug-likeness (QED) is 0.669. The summed E-state index contributed by atoms with van der Waals surface area (Å²) in [7, 11) is 0. The molecule has 2 rings (SSSR count). The van der Waals surface area contributed by atoms with Gasteiger partial charge in [0.15, 0.2) is 5.78 Å². The zero-order valence-corrected chi connectivity index (χ0v) is 13.9. The Bertz CT molecular complexity index is 649. The molecule has 0 heterocycles. The highest BCUT2D eigenvalue weighted by Crippen LogP contribution is 2.25. The van der Waals surface area contributed by atoms with Gasteiger partial charge in [-0.2, -0.15) is 0 Å². The maximum Gasteiger partial charge on any atom is 0.193 e. The normalized spacial score (nSPS) is 10.6. The second-order valence-electron chi connectivity index (χ2n) is 4.65. The van der Waals surface area contributed by atoms with E-state index in [2.05, 4.69) is 35.8 Å². The molecule has 0 N–H and O–H groups in total. The fourth-order valence-electron chi connectivity index (χ4n) is 2.25. The monoisotopic (exact) mass is 350 g/mol. The predicted molar refractivity (Wildman–Crippen MR) is 87.8 cm³/mol. The molecule has 0 amide bonds. The first-order chi connectivity index (χ1) is 9.56. The lowest BCUT2D eigenvalue weighted by Gasteiger charge is -2.09. The minimum Gasteiger partial charge on any atom is -0.289 e. The summed E-state index contributed by atoms with van der Waals surface area (Å²) in [5.74, 6) is 0.0275. The average molecular weight is 352 g/mol. The van der Waals surface area contributed by atoms with Gasteiger partial charge in [-0.3, -0.25) is 4.79 Å². The van der Waals surface area contributed by atoms with Gasteiger partial charge in [-0.05, 0) is 64.2 Å². The van der Waals surface area contributed by atoms with Crippen LogP contribution in [0.15, 0.2) is 40.9 Å². The van der Waals surface area contributed by atoms with Gasteiger partial charge in [-0.1, -0.05) is 37.6 Å². The maximum absolute atomic E-state index is 12.5. The molecule has 0 fully saturated rings. The van der Waals surface area contributed by atoms with Crippen molar-refractivity contribution in [3.8, 4) is 0 Å². The zero-order valence-electron chi connectivity index (χ0n) is 11.5. The van der Waals surface area contributed by atoms with E-state index in [1.807, 2.05) is 12.1 Å². The van der Waals surface area contributed by atoms with Crippen LogP contribution in [0, 0.1) is 0 Å². The van der Waals surface area contributed by atoms with Gasteiger partial charge >= 0.3 is 0 Å². The van der Waals surface area contributed by atoms with Crippen LogP contribution in [0.3, 0.4) is 0 Å². The molecule has 0 saturated carbocycles. The van der Waals surface area contributed by atoms with Crippen molar-refractivity contribution in [3.63, 3.8) is 0 Å². The number of rotatable bonds is 4. The summed E-state index contributed by atoms with van der Waals surface area (Å²) in [6.07, 6.45) is 1.93. The van der Waals surface area contributed by atoms with Gasteiger partial charge in [0.1, 0.15) is 0 Å². The Hall–Kier alpha value is -1.12. The maximum atomic E-state index is 12.5. The molecule has 0 atom stereocenters. The number of ketones is 1. The van der Waals surface area contributed by atoms with Crippen LogP contribution in [-0.2, 0) is 12.8 Å². The lowest BCUT2D eigenvalue weighted by Crippen LogP contribution is -2.03. The van der Waals surface area contributed by atoms with Crippen LogP contribution < -0.4 is 0 Å². The fraction of sp³-hybridized carbons (Fsp3) is 0.235. The SMILES string of the molecule is CCc1ccc(C(=O)c2ccc(Cl)c(Br)c2)cc1CC. The Labute approximate surface area is 133 Å². The number of hydrogen-bond acceptors (Lipinski definition) is 1. The topological polar surface area (TPSA) is 17.1 Å². The molecule has 3 heteroatoms. The van der Waals surface area contributed by atoms with Gasteiger partial charge in [0, 0.05) is 15.6 Å². The van der Waals surface area contributed by atoms with E-state index in [9.17, 15) is 4.79 Å². The molecule has 0 spiro atoms. The number of hydrogen-bond donors (Lipinski definition) is 0. The van der Waals surface area contributed by atoms with E-state index < -0.39 is 0 Å². The van der Waals surface area contributed by atoms with E-state index in [1.165, 1.54) is 11.1 Å². The molecule has 1 nitrogen and oxygen atoms in total. The summed E-state index contributed by atoms with van der Waals surface area (Å²) >= 11 is 9.31. The Kier molecular flexibility index (Phi) is 5.00. The lowest BCUT2D eigenvalue weighted by molar-refractivity contribution is 0.103. The molecule has 0 bridgehead atoms. The first kappa shape index (κ1) is 15.3. The number of carbonyl (C=O) groups is 1. The first-order valence-electron chi connectivity index (χ1n) is 6.68. The predicted octanol–water partition coefficient (Wildman–Crippen LogP) is 5.46. The molecular formula is C17H16BrClO. The summed E-state index contributed by atoms with van der Waals surface area (Å²) in [5.41, 5.74) is 3.92. The highest BCUT2D eigenvalue weighted by atomic mass is 79.9. The Morgan fingerprint density at radius 1 is 1.00 bits per heavy atom. The molecular weight excluding hydrogens is 336 g/mol. The van der Waals surface area contributed by atoms with Crippen LogP contribution >= 0.6 is 27.5 Å². The minimum atomic E-state index is 0.0275. The molecule has 2 aromatic rings. The third-order valence-electron chi connectivity index (χ3n) is 3.41. The van der Waals surface area contributed by atoms with Crippen LogP contribution in [0.1, 0.15) is 40.9 Å². The van der Waals surface area contributed by atoms with Crippen molar-refractivity contribution in [2.45, 2.75) is 26.7 Å². The molecule has 0 aliphatic carbocycles. The highest BCUT2D eigenvalue weighted by molar-refractivity contribution is 9.10. The fourth-order valence-corrected chi connectivity index (χ4v) is 2.74. The van der Waals surface area contributed by atoms with Gasteiger partial charge in [0.25, 0.3) is 0 Å². The van der Waals surface area contributed by atoms with E-state index in [0.29, 0.717) is 10.6 Å². The zero-order chi connectivity index (χ0) is 14.7. The lowest BCUT2D eigenvalue weighted by atomic mass is 9.96. The van der Waals surface area contributed by atoms with Crippen molar-refractivity contribution < 1.29 is 4.79 Å². The molecule has 0 saturated heterocycles. The second-order valence-corrected chi connectivity index (χ2v) is 5.91. The van der Waals surface area contributed by atoms with Gasteiger partial charge < -0.3 is 0 Å². The second kappa shape index (κ2) is 6.55. The van der Waals surface area contributed by atoms with E-state index >= 15 is 0 Å². The number of benzene rings is 2. The smallest absolute Gasteiger partial charge is 0.193 e. The molecule has 0 aliphatic heterocycles. The van der Waals surface area contributed by atoms with Gasteiger partial charge in [0.05, 0.1) is 5.02 Å². The number of aryl methyl sites for hydroxylation is 2. The third-order valence-corrected chi connectivity index (χ3v) is 4.63. The summed E-state index contributed by atoms with van der Waals surface area (Å²) in [6, 6.07) is 11.2. The minimum absolute atomic E-state index is 0.0275. The third kappa shape index (κ3) is 3.13. The van der Waals surface area contributed by atoms with E-state index in [-0.39, 0.29) is 5.78 Å². The summed E-state index contributed by atoms with van der Waals surface area (Å²) in [5, 5.41) is 0.608. The molecule has 0 radical (unpaired) electrons. The molecule has 104 valence electrons. The van der Waals surface area contributed by atoms with E-state index in [4.69, 9.17) is 11.6 Å². The van der Waals surface area contributed by atoms with Crippen LogP contribution in [-0.4, -0.2) is 5.78 Å². The van der Waals surface area contributed by atoms with Crippen LogP contribution in [0.25, 0.3) is 0 Å². The van der Waals surface area contributed by atoms with Crippen LogP contribution in [0.2, 0.25) is 5.02 Å². The van der Waals surface area contributed by atoms with Crippen molar-refractivity contribution in [1.29, 1.82) is 0 Å². The highest BCUT2D eigenvalue weighted by Gasteiger charge is 2.12. The molecule has 0 aliphatic rings. The van der Waals surface area contributed by atoms with Crippen molar-refractivity contribution in [1.82, 2.24) is 0 Å². The van der Waals surface area contributed by atoms with Crippen LogP contribution in [0.5, 0.6) is 0 Å². The number of carbonyl (C=O) groups excluding carboxylic acids is 1. The van der Waals surface area contributed by atoms with Crippen molar-refractivity contribution in [2.24, 2.45) is 0 Å². The summed E-state index contributed by atoms with van der Waals surface area (Å²) in [4.78, 5) is 12.5. The van der Waals surface area contributed by atoms with Crippen molar-refractivity contribution >= 4 is 33.3 Å². The van der Waals surface area contributed by atoms with E-state index in [0.717, 1.165) is 22.9 Å². The summed E-state index contributed by atoms with van der Waals surface area (Å²) < 4.78 is 0.742. The van der Waals surface area contributed by atoms with Gasteiger partial charge in [-0.25, -0.2) is 0 Å². The van der Waals surface area contributed by atoms with Crippen molar-refractivity contribution in [2.75, 3.05) is 0 Å². The largest absolute Gasteiger partial charge is 0.289 e.